The number of nitriles is 1. The molecule has 1 heterocycles. The van der Waals surface area contributed by atoms with Gasteiger partial charge in [-0.1, -0.05) is 18.2 Å². The Kier molecular flexibility index (Phi) is 3.30. The SMILES string of the molecule is N#CC(CO)CC1CSc2ccccc21. The van der Waals surface area contributed by atoms with Gasteiger partial charge in [0, 0.05) is 10.6 Å². The van der Waals surface area contributed by atoms with Gasteiger partial charge in [-0.15, -0.1) is 11.8 Å². The van der Waals surface area contributed by atoms with Gasteiger partial charge >= 0.3 is 0 Å². The lowest BCUT2D eigenvalue weighted by Gasteiger charge is -2.12. The fraction of sp³-hybridized carbons (Fsp3) is 0.417. The average molecular weight is 219 g/mol. The van der Waals surface area contributed by atoms with Crippen molar-refractivity contribution in [3.8, 4) is 6.07 Å². The highest BCUT2D eigenvalue weighted by molar-refractivity contribution is 7.99. The van der Waals surface area contributed by atoms with E-state index in [0.717, 1.165) is 12.2 Å². The van der Waals surface area contributed by atoms with Gasteiger partial charge in [-0.05, 0) is 24.0 Å². The average Bonchev–Trinajstić information content (AvgIpc) is 2.69. The topological polar surface area (TPSA) is 44.0 Å². The van der Waals surface area contributed by atoms with Gasteiger partial charge in [0.05, 0.1) is 18.6 Å². The zero-order valence-corrected chi connectivity index (χ0v) is 9.20. The predicted octanol–water partition coefficient (Wildman–Crippen LogP) is 2.40. The predicted molar refractivity (Wildman–Crippen MR) is 60.7 cm³/mol. The Hall–Kier alpha value is -0.980. The van der Waals surface area contributed by atoms with Crippen molar-refractivity contribution in [3.05, 3.63) is 29.8 Å². The molecule has 0 bridgehead atoms. The molecule has 0 aromatic heterocycles. The minimum absolute atomic E-state index is 0.0279. The first-order valence-corrected chi connectivity index (χ1v) is 6.06. The van der Waals surface area contributed by atoms with Crippen LogP contribution in [0.3, 0.4) is 0 Å². The van der Waals surface area contributed by atoms with Gasteiger partial charge in [-0.2, -0.15) is 5.26 Å². The summed E-state index contributed by atoms with van der Waals surface area (Å²) in [5.41, 5.74) is 1.34. The molecule has 2 nitrogen and oxygen atoms in total. The number of hydrogen-bond acceptors (Lipinski definition) is 3. The lowest BCUT2D eigenvalue weighted by Crippen LogP contribution is -2.09. The van der Waals surface area contributed by atoms with Crippen molar-refractivity contribution in [3.63, 3.8) is 0 Å². The maximum Gasteiger partial charge on any atom is 0.0700 e. The summed E-state index contributed by atoms with van der Waals surface area (Å²) in [5, 5.41) is 17.8. The smallest absolute Gasteiger partial charge is 0.0700 e. The van der Waals surface area contributed by atoms with Crippen molar-refractivity contribution < 1.29 is 5.11 Å². The van der Waals surface area contributed by atoms with Crippen molar-refractivity contribution in [2.24, 2.45) is 5.92 Å². The molecule has 1 aliphatic rings. The highest BCUT2D eigenvalue weighted by atomic mass is 32.2. The quantitative estimate of drug-likeness (QED) is 0.849. The molecule has 0 fully saturated rings. The molecular formula is C12H13NOS. The molecule has 2 rings (SSSR count). The van der Waals surface area contributed by atoms with E-state index in [1.807, 2.05) is 23.9 Å². The molecule has 1 aliphatic heterocycles. The van der Waals surface area contributed by atoms with Crippen molar-refractivity contribution in [1.29, 1.82) is 5.26 Å². The van der Waals surface area contributed by atoms with Crippen LogP contribution in [0.1, 0.15) is 17.9 Å². The standard InChI is InChI=1S/C12H13NOS/c13-6-9(7-14)5-10-8-15-12-4-2-1-3-11(10)12/h1-4,9-10,14H,5,7-8H2. The molecule has 0 amide bonds. The van der Waals surface area contributed by atoms with E-state index in [9.17, 15) is 0 Å². The van der Waals surface area contributed by atoms with E-state index in [1.54, 1.807) is 0 Å². The third-order valence-corrected chi connectivity index (χ3v) is 4.02. The number of fused-ring (bicyclic) bond motifs is 1. The van der Waals surface area contributed by atoms with Crippen molar-refractivity contribution in [2.75, 3.05) is 12.4 Å². The number of hydrogen-bond donors (Lipinski definition) is 1. The number of aliphatic hydroxyl groups excluding tert-OH is 1. The van der Waals surface area contributed by atoms with Crippen LogP contribution in [0.25, 0.3) is 0 Å². The van der Waals surface area contributed by atoms with Crippen LogP contribution in [0.4, 0.5) is 0 Å². The normalized spacial score (nSPS) is 20.7. The Morgan fingerprint density at radius 1 is 1.53 bits per heavy atom. The van der Waals surface area contributed by atoms with Gasteiger partial charge in [0.25, 0.3) is 0 Å². The van der Waals surface area contributed by atoms with Gasteiger partial charge in [0.1, 0.15) is 0 Å². The number of aliphatic hydroxyl groups is 1. The van der Waals surface area contributed by atoms with Gasteiger partial charge in [0.15, 0.2) is 0 Å². The molecule has 2 unspecified atom stereocenters. The number of nitrogens with zero attached hydrogens (tertiary/aromatic N) is 1. The zero-order valence-electron chi connectivity index (χ0n) is 8.39. The highest BCUT2D eigenvalue weighted by Crippen LogP contribution is 2.42. The van der Waals surface area contributed by atoms with E-state index < -0.39 is 0 Å². The molecule has 1 aromatic rings. The third-order valence-electron chi connectivity index (χ3n) is 2.77. The van der Waals surface area contributed by atoms with E-state index in [4.69, 9.17) is 10.4 Å². The van der Waals surface area contributed by atoms with E-state index in [1.165, 1.54) is 10.5 Å². The first kappa shape index (κ1) is 10.5. The molecule has 0 saturated heterocycles. The molecule has 1 N–H and O–H groups in total. The minimum Gasteiger partial charge on any atom is -0.395 e. The first-order chi connectivity index (χ1) is 7.35. The lowest BCUT2D eigenvalue weighted by atomic mass is 9.91. The second-order valence-electron chi connectivity index (χ2n) is 3.79. The summed E-state index contributed by atoms with van der Waals surface area (Å²) in [6.45, 7) is -0.0279. The van der Waals surface area contributed by atoms with Gasteiger partial charge in [-0.3, -0.25) is 0 Å². The minimum atomic E-state index is -0.221. The molecule has 2 atom stereocenters. The van der Waals surface area contributed by atoms with E-state index in [-0.39, 0.29) is 12.5 Å². The molecular weight excluding hydrogens is 206 g/mol. The number of thioether (sulfide) groups is 1. The molecule has 0 saturated carbocycles. The monoisotopic (exact) mass is 219 g/mol. The summed E-state index contributed by atoms with van der Waals surface area (Å²) in [6, 6.07) is 10.5. The maximum absolute atomic E-state index is 9.01. The van der Waals surface area contributed by atoms with Crippen LogP contribution in [0.2, 0.25) is 0 Å². The van der Waals surface area contributed by atoms with E-state index in [0.29, 0.717) is 5.92 Å². The summed E-state index contributed by atoms with van der Waals surface area (Å²) in [4.78, 5) is 1.33. The molecule has 15 heavy (non-hydrogen) atoms. The third kappa shape index (κ3) is 2.17. The first-order valence-electron chi connectivity index (χ1n) is 5.07. The Morgan fingerprint density at radius 2 is 2.33 bits per heavy atom. The Balaban J connectivity index is 2.11. The largest absolute Gasteiger partial charge is 0.395 e. The summed E-state index contributed by atoms with van der Waals surface area (Å²) in [5.74, 6) is 1.25. The number of benzene rings is 1. The second kappa shape index (κ2) is 4.69. The van der Waals surface area contributed by atoms with Crippen LogP contribution in [-0.2, 0) is 0 Å². The second-order valence-corrected chi connectivity index (χ2v) is 4.85. The molecule has 0 spiro atoms. The van der Waals surface area contributed by atoms with Crippen molar-refractivity contribution in [2.45, 2.75) is 17.2 Å². The molecule has 78 valence electrons. The summed E-state index contributed by atoms with van der Waals surface area (Å²) < 4.78 is 0. The van der Waals surface area contributed by atoms with E-state index in [2.05, 4.69) is 18.2 Å². The molecule has 3 heteroatoms. The van der Waals surface area contributed by atoms with Crippen LogP contribution in [0, 0.1) is 17.2 Å². The summed E-state index contributed by atoms with van der Waals surface area (Å²) in [7, 11) is 0. The maximum atomic E-state index is 9.01. The van der Waals surface area contributed by atoms with Crippen LogP contribution in [0.15, 0.2) is 29.2 Å². The molecule has 0 radical (unpaired) electrons. The Morgan fingerprint density at radius 3 is 3.07 bits per heavy atom. The van der Waals surface area contributed by atoms with Gasteiger partial charge < -0.3 is 5.11 Å². The zero-order chi connectivity index (χ0) is 10.7. The molecule has 1 aromatic carbocycles. The van der Waals surface area contributed by atoms with E-state index >= 15 is 0 Å². The van der Waals surface area contributed by atoms with Gasteiger partial charge in [0.2, 0.25) is 0 Å². The Bertz CT molecular complexity index is 385. The fourth-order valence-electron chi connectivity index (χ4n) is 1.94. The van der Waals surface area contributed by atoms with Crippen LogP contribution in [-0.4, -0.2) is 17.5 Å². The van der Waals surface area contributed by atoms with Crippen LogP contribution >= 0.6 is 11.8 Å². The number of rotatable bonds is 3. The van der Waals surface area contributed by atoms with Crippen LogP contribution in [0.5, 0.6) is 0 Å². The fourth-order valence-corrected chi connectivity index (χ4v) is 3.21. The summed E-state index contributed by atoms with van der Waals surface area (Å²) in [6.07, 6.45) is 0.775. The molecule has 0 aliphatic carbocycles. The van der Waals surface area contributed by atoms with Gasteiger partial charge in [-0.25, -0.2) is 0 Å². The lowest BCUT2D eigenvalue weighted by molar-refractivity contribution is 0.245. The van der Waals surface area contributed by atoms with Crippen molar-refractivity contribution >= 4 is 11.8 Å². The van der Waals surface area contributed by atoms with Crippen molar-refractivity contribution in [1.82, 2.24) is 0 Å². The Labute approximate surface area is 93.9 Å². The van der Waals surface area contributed by atoms with Crippen LogP contribution < -0.4 is 0 Å². The summed E-state index contributed by atoms with van der Waals surface area (Å²) >= 11 is 1.85. The highest BCUT2D eigenvalue weighted by Gasteiger charge is 2.25.